The van der Waals surface area contributed by atoms with Gasteiger partial charge in [0.05, 0.1) is 17.6 Å². The summed E-state index contributed by atoms with van der Waals surface area (Å²) in [6.07, 6.45) is 0. The van der Waals surface area contributed by atoms with E-state index < -0.39 is 10.0 Å². The first-order valence-electron chi connectivity index (χ1n) is 9.95. The van der Waals surface area contributed by atoms with Crippen molar-refractivity contribution in [2.75, 3.05) is 17.1 Å². The molecule has 33 heavy (non-hydrogen) atoms. The third kappa shape index (κ3) is 5.21. The molecule has 0 saturated heterocycles. The molecule has 1 aromatic heterocycles. The highest BCUT2D eigenvalue weighted by Gasteiger charge is 2.16. The molecule has 4 aromatic rings. The highest BCUT2D eigenvalue weighted by Crippen LogP contribution is 2.32. The van der Waals surface area contributed by atoms with Gasteiger partial charge in [0.25, 0.3) is 15.9 Å². The van der Waals surface area contributed by atoms with Gasteiger partial charge >= 0.3 is 0 Å². The molecule has 0 aliphatic heterocycles. The van der Waals surface area contributed by atoms with Gasteiger partial charge in [-0.05, 0) is 55.5 Å². The molecule has 0 spiro atoms. The summed E-state index contributed by atoms with van der Waals surface area (Å²) in [4.78, 5) is 17.2. The molecule has 0 atom stereocenters. The van der Waals surface area contributed by atoms with Gasteiger partial charge in [-0.1, -0.05) is 29.8 Å². The largest absolute Gasteiger partial charge is 0.496 e. The van der Waals surface area contributed by atoms with E-state index in [0.29, 0.717) is 22.1 Å². The molecule has 1 amide bonds. The number of carbonyl (C=O) groups excluding carboxylic acids is 1. The van der Waals surface area contributed by atoms with Crippen molar-refractivity contribution in [2.24, 2.45) is 0 Å². The molecule has 168 valence electrons. The van der Waals surface area contributed by atoms with Gasteiger partial charge in [-0.2, -0.15) is 0 Å². The molecule has 1 heterocycles. The molecular formula is C24H21N3O4S2. The molecule has 0 radical (unpaired) electrons. The van der Waals surface area contributed by atoms with E-state index in [1.807, 2.05) is 31.2 Å². The number of ether oxygens (including phenoxy) is 1. The van der Waals surface area contributed by atoms with Crippen LogP contribution in [0.5, 0.6) is 5.75 Å². The molecule has 0 bridgehead atoms. The SMILES string of the molecule is COc1ccccc1-c1nc(C(=O)Nc2ccc(NS(=O)(=O)c3ccc(C)cc3)cc2)cs1. The summed E-state index contributed by atoms with van der Waals surface area (Å²) in [6, 6.07) is 20.5. The number of anilines is 2. The van der Waals surface area contributed by atoms with Crippen LogP contribution in [0.3, 0.4) is 0 Å². The van der Waals surface area contributed by atoms with Crippen molar-refractivity contribution in [1.82, 2.24) is 4.98 Å². The van der Waals surface area contributed by atoms with Crippen LogP contribution in [0.4, 0.5) is 11.4 Å². The molecular weight excluding hydrogens is 458 g/mol. The Morgan fingerprint density at radius 3 is 2.30 bits per heavy atom. The Labute approximate surface area is 196 Å². The number of methoxy groups -OCH3 is 1. The predicted molar refractivity (Wildman–Crippen MR) is 130 cm³/mol. The molecule has 0 aliphatic carbocycles. The van der Waals surface area contributed by atoms with Crippen molar-refractivity contribution in [3.05, 3.63) is 89.4 Å². The van der Waals surface area contributed by atoms with Gasteiger partial charge in [0.2, 0.25) is 0 Å². The highest BCUT2D eigenvalue weighted by atomic mass is 32.2. The maximum atomic E-state index is 12.6. The lowest BCUT2D eigenvalue weighted by Gasteiger charge is -2.09. The lowest BCUT2D eigenvalue weighted by molar-refractivity contribution is 0.102. The number of hydrogen-bond donors (Lipinski definition) is 2. The van der Waals surface area contributed by atoms with Crippen LogP contribution in [0.15, 0.2) is 83.1 Å². The third-order valence-electron chi connectivity index (χ3n) is 4.80. The van der Waals surface area contributed by atoms with Crippen LogP contribution in [0.1, 0.15) is 16.1 Å². The number of carbonyl (C=O) groups is 1. The molecule has 4 rings (SSSR count). The summed E-state index contributed by atoms with van der Waals surface area (Å²) in [5.74, 6) is 0.322. The van der Waals surface area contributed by atoms with Crippen molar-refractivity contribution in [3.63, 3.8) is 0 Å². The van der Waals surface area contributed by atoms with Crippen LogP contribution in [0.2, 0.25) is 0 Å². The van der Waals surface area contributed by atoms with E-state index >= 15 is 0 Å². The fourth-order valence-corrected chi connectivity index (χ4v) is 4.96. The summed E-state index contributed by atoms with van der Waals surface area (Å²) in [5.41, 5.74) is 2.98. The van der Waals surface area contributed by atoms with E-state index in [1.165, 1.54) is 11.3 Å². The maximum absolute atomic E-state index is 12.6. The first kappa shape index (κ1) is 22.5. The molecule has 3 aromatic carbocycles. The summed E-state index contributed by atoms with van der Waals surface area (Å²) >= 11 is 1.35. The molecule has 9 heteroatoms. The Morgan fingerprint density at radius 2 is 1.61 bits per heavy atom. The molecule has 0 unspecified atom stereocenters. The fourth-order valence-electron chi connectivity index (χ4n) is 3.07. The van der Waals surface area contributed by atoms with Crippen molar-refractivity contribution in [1.29, 1.82) is 0 Å². The average molecular weight is 480 g/mol. The van der Waals surface area contributed by atoms with Crippen molar-refractivity contribution in [3.8, 4) is 16.3 Å². The van der Waals surface area contributed by atoms with E-state index in [-0.39, 0.29) is 16.5 Å². The van der Waals surface area contributed by atoms with Crippen LogP contribution in [0, 0.1) is 6.92 Å². The zero-order chi connectivity index (χ0) is 23.4. The minimum atomic E-state index is -3.69. The molecule has 7 nitrogen and oxygen atoms in total. The number of nitrogens with one attached hydrogen (secondary N) is 2. The summed E-state index contributed by atoms with van der Waals surface area (Å²) in [6.45, 7) is 1.89. The normalized spacial score (nSPS) is 11.1. The number of sulfonamides is 1. The minimum Gasteiger partial charge on any atom is -0.496 e. The monoisotopic (exact) mass is 479 g/mol. The number of hydrogen-bond acceptors (Lipinski definition) is 6. The molecule has 2 N–H and O–H groups in total. The molecule has 0 saturated carbocycles. The van der Waals surface area contributed by atoms with E-state index in [0.717, 1.165) is 11.1 Å². The highest BCUT2D eigenvalue weighted by molar-refractivity contribution is 7.92. The lowest BCUT2D eigenvalue weighted by atomic mass is 10.2. The quantitative estimate of drug-likeness (QED) is 0.381. The number of aryl methyl sites for hydroxylation is 1. The zero-order valence-electron chi connectivity index (χ0n) is 17.9. The van der Waals surface area contributed by atoms with Gasteiger partial charge in [-0.3, -0.25) is 9.52 Å². The van der Waals surface area contributed by atoms with Gasteiger partial charge in [0, 0.05) is 16.8 Å². The first-order valence-corrected chi connectivity index (χ1v) is 12.3. The number of nitrogens with zero attached hydrogens (tertiary/aromatic N) is 1. The summed E-state index contributed by atoms with van der Waals surface area (Å²) < 4.78 is 33.0. The smallest absolute Gasteiger partial charge is 0.275 e. The zero-order valence-corrected chi connectivity index (χ0v) is 19.5. The van der Waals surface area contributed by atoms with Crippen LogP contribution in [0.25, 0.3) is 10.6 Å². The Balaban J connectivity index is 1.43. The van der Waals surface area contributed by atoms with Crippen molar-refractivity contribution >= 4 is 38.6 Å². The van der Waals surface area contributed by atoms with Gasteiger partial charge in [-0.25, -0.2) is 13.4 Å². The standard InChI is InChI=1S/C24H21N3O4S2/c1-16-7-13-19(14-8-16)33(29,30)27-18-11-9-17(10-12-18)25-23(28)21-15-32-24(26-21)20-5-3-4-6-22(20)31-2/h3-15,27H,1-2H3,(H,25,28). The lowest BCUT2D eigenvalue weighted by Crippen LogP contribution is -2.14. The van der Waals surface area contributed by atoms with E-state index in [4.69, 9.17) is 4.74 Å². The van der Waals surface area contributed by atoms with Crippen LogP contribution >= 0.6 is 11.3 Å². The van der Waals surface area contributed by atoms with Crippen LogP contribution in [-0.4, -0.2) is 26.4 Å². The number of thiazole rings is 1. The topological polar surface area (TPSA) is 97.4 Å². The van der Waals surface area contributed by atoms with E-state index in [9.17, 15) is 13.2 Å². The van der Waals surface area contributed by atoms with Crippen molar-refractivity contribution < 1.29 is 17.9 Å². The second-order valence-corrected chi connectivity index (χ2v) is 9.73. The number of rotatable bonds is 7. The predicted octanol–water partition coefficient (Wildman–Crippen LogP) is 5.18. The van der Waals surface area contributed by atoms with Gasteiger partial charge in [-0.15, -0.1) is 11.3 Å². The van der Waals surface area contributed by atoms with Crippen LogP contribution < -0.4 is 14.8 Å². The summed E-state index contributed by atoms with van der Waals surface area (Å²) in [7, 11) is -2.11. The second kappa shape index (κ2) is 9.43. The minimum absolute atomic E-state index is 0.180. The van der Waals surface area contributed by atoms with Gasteiger partial charge in [0.15, 0.2) is 0 Å². The first-order chi connectivity index (χ1) is 15.9. The summed E-state index contributed by atoms with van der Waals surface area (Å²) in [5, 5.41) is 5.14. The second-order valence-electron chi connectivity index (χ2n) is 7.19. The van der Waals surface area contributed by atoms with E-state index in [2.05, 4.69) is 15.0 Å². The number of amides is 1. The number of aromatic nitrogens is 1. The Hall–Kier alpha value is -3.69. The molecule has 0 aliphatic rings. The number of para-hydroxylation sites is 1. The van der Waals surface area contributed by atoms with Gasteiger partial charge < -0.3 is 10.1 Å². The van der Waals surface area contributed by atoms with E-state index in [1.54, 1.807) is 61.0 Å². The van der Waals surface area contributed by atoms with Crippen molar-refractivity contribution in [2.45, 2.75) is 11.8 Å². The van der Waals surface area contributed by atoms with Crippen LogP contribution in [-0.2, 0) is 10.0 Å². The fraction of sp³-hybridized carbons (Fsp3) is 0.0833. The average Bonchev–Trinajstić information content (AvgIpc) is 3.31. The number of benzene rings is 3. The maximum Gasteiger partial charge on any atom is 0.275 e. The molecule has 0 fully saturated rings. The third-order valence-corrected chi connectivity index (χ3v) is 7.07. The Morgan fingerprint density at radius 1 is 0.939 bits per heavy atom. The van der Waals surface area contributed by atoms with Gasteiger partial charge in [0.1, 0.15) is 16.5 Å². The Bertz CT molecular complexity index is 1380. The Kier molecular flexibility index (Phi) is 6.43.